The number of rotatable bonds is 2. The van der Waals surface area contributed by atoms with Crippen molar-refractivity contribution >= 4 is 22.6 Å². The average Bonchev–Trinajstić information content (AvgIpc) is 2.87. The lowest BCUT2D eigenvalue weighted by Crippen LogP contribution is -1.92. The van der Waals surface area contributed by atoms with Gasteiger partial charge in [0.25, 0.3) is 0 Å². The average molecular weight is 272 g/mol. The minimum atomic E-state index is 0.0585. The van der Waals surface area contributed by atoms with Gasteiger partial charge in [-0.1, -0.05) is 6.07 Å². The highest BCUT2D eigenvalue weighted by molar-refractivity contribution is 6.28. The van der Waals surface area contributed by atoms with Gasteiger partial charge < -0.3 is 4.74 Å². The standard InChI is InChI=1S/C12H6ClN5O/c13-12-16-10-9(6-15-18-10)11(17-12)19-8-3-1-2-7(4-8)5-14/h1-4,6H,(H,15,16,17,18). The Labute approximate surface area is 112 Å². The smallest absolute Gasteiger partial charge is 0.234 e. The van der Waals surface area contributed by atoms with Gasteiger partial charge in [0.15, 0.2) is 5.65 Å². The third-order valence-electron chi connectivity index (χ3n) is 2.43. The molecule has 0 amide bonds. The van der Waals surface area contributed by atoms with Gasteiger partial charge in [-0.25, -0.2) is 0 Å². The molecule has 3 aromatic rings. The van der Waals surface area contributed by atoms with Crippen LogP contribution in [0.2, 0.25) is 5.28 Å². The summed E-state index contributed by atoms with van der Waals surface area (Å²) in [6, 6.07) is 8.79. The van der Waals surface area contributed by atoms with Crippen LogP contribution in [-0.4, -0.2) is 20.2 Å². The molecule has 0 aliphatic rings. The Bertz CT molecular complexity index is 792. The van der Waals surface area contributed by atoms with Crippen LogP contribution in [0, 0.1) is 11.3 Å². The molecule has 2 aromatic heterocycles. The number of nitrogens with zero attached hydrogens (tertiary/aromatic N) is 4. The van der Waals surface area contributed by atoms with Crippen molar-refractivity contribution in [1.82, 2.24) is 20.2 Å². The van der Waals surface area contributed by atoms with Crippen molar-refractivity contribution in [2.45, 2.75) is 0 Å². The molecule has 7 heteroatoms. The Morgan fingerprint density at radius 3 is 3.05 bits per heavy atom. The summed E-state index contributed by atoms with van der Waals surface area (Å²) in [6.45, 7) is 0. The third kappa shape index (κ3) is 2.19. The van der Waals surface area contributed by atoms with Crippen LogP contribution in [-0.2, 0) is 0 Å². The van der Waals surface area contributed by atoms with Crippen LogP contribution in [0.15, 0.2) is 30.5 Å². The van der Waals surface area contributed by atoms with Gasteiger partial charge in [0, 0.05) is 0 Å². The Kier molecular flexibility index (Phi) is 2.74. The summed E-state index contributed by atoms with van der Waals surface area (Å²) in [6.07, 6.45) is 1.55. The van der Waals surface area contributed by atoms with E-state index in [0.29, 0.717) is 28.2 Å². The van der Waals surface area contributed by atoms with Crippen LogP contribution < -0.4 is 4.74 Å². The highest BCUT2D eigenvalue weighted by Gasteiger charge is 2.10. The molecule has 0 saturated heterocycles. The van der Waals surface area contributed by atoms with E-state index in [1.807, 2.05) is 6.07 Å². The SMILES string of the molecule is N#Cc1cccc(Oc2nc(Cl)nc3[nH]ncc23)c1. The lowest BCUT2D eigenvalue weighted by Gasteiger charge is -2.05. The summed E-state index contributed by atoms with van der Waals surface area (Å²) in [4.78, 5) is 7.99. The normalized spacial score (nSPS) is 10.3. The second kappa shape index (κ2) is 4.55. The Balaban J connectivity index is 2.05. The van der Waals surface area contributed by atoms with Crippen molar-refractivity contribution in [3.63, 3.8) is 0 Å². The van der Waals surface area contributed by atoms with Gasteiger partial charge in [0.2, 0.25) is 11.2 Å². The summed E-state index contributed by atoms with van der Waals surface area (Å²) >= 11 is 5.80. The fourth-order valence-corrected chi connectivity index (χ4v) is 1.76. The number of hydrogen-bond acceptors (Lipinski definition) is 5. The van der Waals surface area contributed by atoms with E-state index in [1.165, 1.54) is 0 Å². The maximum Gasteiger partial charge on any atom is 0.234 e. The van der Waals surface area contributed by atoms with Crippen LogP contribution in [0.25, 0.3) is 11.0 Å². The van der Waals surface area contributed by atoms with Gasteiger partial charge in [-0.3, -0.25) is 5.10 Å². The number of aromatic amines is 1. The zero-order chi connectivity index (χ0) is 13.2. The van der Waals surface area contributed by atoms with Gasteiger partial charge >= 0.3 is 0 Å². The quantitative estimate of drug-likeness (QED) is 0.724. The first-order valence-electron chi connectivity index (χ1n) is 5.31. The van der Waals surface area contributed by atoms with Gasteiger partial charge in [-0.15, -0.1) is 0 Å². The van der Waals surface area contributed by atoms with Crippen LogP contribution in [0.1, 0.15) is 5.56 Å². The molecule has 1 aromatic carbocycles. The first-order chi connectivity index (χ1) is 9.26. The van der Waals surface area contributed by atoms with E-state index in [0.717, 1.165) is 0 Å². The van der Waals surface area contributed by atoms with E-state index in [1.54, 1.807) is 30.5 Å². The lowest BCUT2D eigenvalue weighted by molar-refractivity contribution is 0.468. The van der Waals surface area contributed by atoms with E-state index in [2.05, 4.69) is 20.2 Å². The van der Waals surface area contributed by atoms with Gasteiger partial charge in [0.1, 0.15) is 11.1 Å². The molecule has 0 aliphatic heterocycles. The highest BCUT2D eigenvalue weighted by Crippen LogP contribution is 2.27. The molecule has 0 saturated carbocycles. The largest absolute Gasteiger partial charge is 0.438 e. The summed E-state index contributed by atoms with van der Waals surface area (Å²) in [7, 11) is 0. The molecular weight excluding hydrogens is 266 g/mol. The Morgan fingerprint density at radius 1 is 1.32 bits per heavy atom. The number of ether oxygens (including phenoxy) is 1. The predicted octanol–water partition coefficient (Wildman–Crippen LogP) is 2.67. The van der Waals surface area contributed by atoms with E-state index >= 15 is 0 Å². The molecule has 0 radical (unpaired) electrons. The topological polar surface area (TPSA) is 87.5 Å². The molecule has 3 rings (SSSR count). The van der Waals surface area contributed by atoms with Crippen LogP contribution in [0.5, 0.6) is 11.6 Å². The monoisotopic (exact) mass is 271 g/mol. The molecule has 0 atom stereocenters. The number of fused-ring (bicyclic) bond motifs is 1. The lowest BCUT2D eigenvalue weighted by atomic mass is 10.2. The van der Waals surface area contributed by atoms with Crippen molar-refractivity contribution < 1.29 is 4.74 Å². The van der Waals surface area contributed by atoms with Crippen molar-refractivity contribution in [1.29, 1.82) is 5.26 Å². The molecule has 0 unspecified atom stereocenters. The molecule has 2 heterocycles. The number of nitriles is 1. The van der Waals surface area contributed by atoms with Gasteiger partial charge in [0.05, 0.1) is 17.8 Å². The van der Waals surface area contributed by atoms with E-state index in [-0.39, 0.29) is 5.28 Å². The number of nitrogens with one attached hydrogen (secondary N) is 1. The second-order valence-corrected chi connectivity index (χ2v) is 4.01. The van der Waals surface area contributed by atoms with Crippen molar-refractivity contribution in [3.8, 4) is 17.7 Å². The second-order valence-electron chi connectivity index (χ2n) is 3.67. The zero-order valence-electron chi connectivity index (χ0n) is 9.46. The van der Waals surface area contributed by atoms with Crippen LogP contribution >= 0.6 is 11.6 Å². The fourth-order valence-electron chi connectivity index (χ4n) is 1.60. The van der Waals surface area contributed by atoms with Gasteiger partial charge in [-0.2, -0.15) is 20.3 Å². The minimum Gasteiger partial charge on any atom is -0.438 e. The molecule has 0 fully saturated rings. The first kappa shape index (κ1) is 11.4. The number of aromatic nitrogens is 4. The van der Waals surface area contributed by atoms with Crippen LogP contribution in [0.4, 0.5) is 0 Å². The molecule has 0 aliphatic carbocycles. The third-order valence-corrected chi connectivity index (χ3v) is 2.59. The van der Waals surface area contributed by atoms with Crippen LogP contribution in [0.3, 0.4) is 0 Å². The van der Waals surface area contributed by atoms with Gasteiger partial charge in [-0.05, 0) is 29.8 Å². The van der Waals surface area contributed by atoms with Crippen molar-refractivity contribution in [2.75, 3.05) is 0 Å². The Hall–Kier alpha value is -2.65. The fraction of sp³-hybridized carbons (Fsp3) is 0. The summed E-state index contributed by atoms with van der Waals surface area (Å²) in [5.74, 6) is 0.787. The summed E-state index contributed by atoms with van der Waals surface area (Å²) in [5, 5.41) is 16.1. The number of H-pyrrole nitrogens is 1. The molecule has 92 valence electrons. The van der Waals surface area contributed by atoms with Crippen molar-refractivity contribution in [2.24, 2.45) is 0 Å². The molecule has 6 nitrogen and oxygen atoms in total. The molecule has 0 spiro atoms. The molecule has 1 N–H and O–H groups in total. The molecular formula is C12H6ClN5O. The summed E-state index contributed by atoms with van der Waals surface area (Å²) in [5.41, 5.74) is 0.993. The van der Waals surface area contributed by atoms with E-state index in [9.17, 15) is 0 Å². The predicted molar refractivity (Wildman–Crippen MR) is 67.9 cm³/mol. The number of hydrogen-bond donors (Lipinski definition) is 1. The molecule has 0 bridgehead atoms. The first-order valence-corrected chi connectivity index (χ1v) is 5.69. The maximum absolute atomic E-state index is 8.84. The summed E-state index contributed by atoms with van der Waals surface area (Å²) < 4.78 is 5.63. The zero-order valence-corrected chi connectivity index (χ0v) is 10.2. The Morgan fingerprint density at radius 2 is 2.21 bits per heavy atom. The van der Waals surface area contributed by atoms with E-state index < -0.39 is 0 Å². The highest BCUT2D eigenvalue weighted by atomic mass is 35.5. The van der Waals surface area contributed by atoms with Crippen molar-refractivity contribution in [3.05, 3.63) is 41.3 Å². The molecule has 19 heavy (non-hydrogen) atoms. The number of benzene rings is 1. The maximum atomic E-state index is 8.84. The van der Waals surface area contributed by atoms with E-state index in [4.69, 9.17) is 21.6 Å². The number of halogens is 1. The minimum absolute atomic E-state index is 0.0585.